The van der Waals surface area contributed by atoms with Gasteiger partial charge in [-0.1, -0.05) is 19.9 Å². The molecule has 0 aliphatic heterocycles. The normalized spacial score (nSPS) is 11.6. The average molecular weight is 330 g/mol. The van der Waals surface area contributed by atoms with Gasteiger partial charge in [-0.25, -0.2) is 0 Å². The topological polar surface area (TPSA) is 41.5 Å². The summed E-state index contributed by atoms with van der Waals surface area (Å²) in [4.78, 5) is 0. The molecule has 0 aromatic heterocycles. The summed E-state index contributed by atoms with van der Waals surface area (Å²) in [6.07, 6.45) is 1.97. The number of rotatable bonds is 8. The lowest BCUT2D eigenvalue weighted by molar-refractivity contribution is 0.113. The van der Waals surface area contributed by atoms with E-state index >= 15 is 0 Å². The van der Waals surface area contributed by atoms with Crippen LogP contribution in [0.5, 0.6) is 5.75 Å². The molecule has 0 saturated heterocycles. The van der Waals surface area contributed by atoms with Crippen LogP contribution in [0.2, 0.25) is 0 Å². The van der Waals surface area contributed by atoms with E-state index in [2.05, 4.69) is 47.2 Å². The summed E-state index contributed by atoms with van der Waals surface area (Å²) in [5.41, 5.74) is 1.20. The molecule has 0 radical (unpaired) electrons. The molecule has 0 saturated carbocycles. The van der Waals surface area contributed by atoms with Gasteiger partial charge >= 0.3 is 0 Å². The lowest BCUT2D eigenvalue weighted by Crippen LogP contribution is -2.36. The van der Waals surface area contributed by atoms with Gasteiger partial charge < -0.3 is 15.2 Å². The average Bonchev–Trinajstić information content (AvgIpc) is 2.44. The number of aliphatic hydroxyl groups excluding tert-OH is 1. The van der Waals surface area contributed by atoms with Crippen molar-refractivity contribution in [2.75, 3.05) is 20.3 Å². The minimum atomic E-state index is 0.00367. The van der Waals surface area contributed by atoms with Crippen LogP contribution in [-0.2, 0) is 6.54 Å². The highest BCUT2D eigenvalue weighted by Gasteiger charge is 2.24. The SMILES string of the molecule is CCC(CC)(CO)CNCc1ccc(OC)c(Br)c1. The summed E-state index contributed by atoms with van der Waals surface area (Å²) < 4.78 is 6.18. The Balaban J connectivity index is 2.55. The minimum absolute atomic E-state index is 0.00367. The molecule has 0 spiro atoms. The van der Waals surface area contributed by atoms with Crippen LogP contribution in [0.3, 0.4) is 0 Å². The van der Waals surface area contributed by atoms with E-state index in [0.29, 0.717) is 0 Å². The highest BCUT2D eigenvalue weighted by Crippen LogP contribution is 2.26. The summed E-state index contributed by atoms with van der Waals surface area (Å²) in [6, 6.07) is 6.07. The van der Waals surface area contributed by atoms with Gasteiger partial charge in [0.1, 0.15) is 5.75 Å². The molecule has 2 N–H and O–H groups in total. The van der Waals surface area contributed by atoms with Crippen LogP contribution < -0.4 is 10.1 Å². The van der Waals surface area contributed by atoms with Crippen LogP contribution >= 0.6 is 15.9 Å². The van der Waals surface area contributed by atoms with Crippen LogP contribution in [0.4, 0.5) is 0 Å². The maximum Gasteiger partial charge on any atom is 0.133 e. The van der Waals surface area contributed by atoms with E-state index in [9.17, 15) is 5.11 Å². The smallest absolute Gasteiger partial charge is 0.133 e. The summed E-state index contributed by atoms with van der Waals surface area (Å²) in [7, 11) is 1.66. The second kappa shape index (κ2) is 7.88. The molecule has 0 fully saturated rings. The van der Waals surface area contributed by atoms with Crippen LogP contribution in [-0.4, -0.2) is 25.4 Å². The Bertz CT molecular complexity index is 383. The van der Waals surface area contributed by atoms with Gasteiger partial charge in [0.25, 0.3) is 0 Å². The quantitative estimate of drug-likeness (QED) is 0.768. The van der Waals surface area contributed by atoms with Gasteiger partial charge in [0.05, 0.1) is 11.6 Å². The van der Waals surface area contributed by atoms with E-state index in [4.69, 9.17) is 4.74 Å². The monoisotopic (exact) mass is 329 g/mol. The van der Waals surface area contributed by atoms with E-state index in [1.807, 2.05) is 6.07 Å². The van der Waals surface area contributed by atoms with Gasteiger partial charge in [-0.05, 0) is 46.5 Å². The molecule has 1 rings (SSSR count). The molecule has 1 aromatic rings. The molecule has 0 bridgehead atoms. The van der Waals surface area contributed by atoms with Crippen molar-refractivity contribution in [1.82, 2.24) is 5.32 Å². The number of aliphatic hydroxyl groups is 1. The predicted molar refractivity (Wildman–Crippen MR) is 82.5 cm³/mol. The Hall–Kier alpha value is -0.580. The zero-order chi connectivity index (χ0) is 14.3. The molecule has 3 nitrogen and oxygen atoms in total. The lowest BCUT2D eigenvalue weighted by atomic mass is 9.83. The molecule has 0 aliphatic carbocycles. The highest BCUT2D eigenvalue weighted by atomic mass is 79.9. The predicted octanol–water partition coefficient (Wildman–Crippen LogP) is 3.35. The number of halogens is 1. The molecule has 108 valence electrons. The minimum Gasteiger partial charge on any atom is -0.496 e. The second-order valence-corrected chi connectivity index (χ2v) is 5.79. The van der Waals surface area contributed by atoms with Crippen molar-refractivity contribution < 1.29 is 9.84 Å². The maximum absolute atomic E-state index is 9.52. The summed E-state index contributed by atoms with van der Waals surface area (Å²) in [5, 5.41) is 13.0. The number of ether oxygens (including phenoxy) is 1. The van der Waals surface area contributed by atoms with Crippen molar-refractivity contribution in [3.8, 4) is 5.75 Å². The fourth-order valence-corrected chi connectivity index (χ4v) is 2.66. The second-order valence-electron chi connectivity index (χ2n) is 4.94. The van der Waals surface area contributed by atoms with Gasteiger partial charge in [-0.2, -0.15) is 0 Å². The zero-order valence-corrected chi connectivity index (χ0v) is 13.6. The van der Waals surface area contributed by atoms with E-state index in [-0.39, 0.29) is 12.0 Å². The standard InChI is InChI=1S/C15H24BrNO2/c1-4-15(5-2,11-18)10-17-9-12-6-7-14(19-3)13(16)8-12/h6-8,17-18H,4-5,9-11H2,1-3H3. The van der Waals surface area contributed by atoms with Gasteiger partial charge in [-0.3, -0.25) is 0 Å². The highest BCUT2D eigenvalue weighted by molar-refractivity contribution is 9.10. The van der Waals surface area contributed by atoms with Gasteiger partial charge in [-0.15, -0.1) is 0 Å². The number of hydrogen-bond donors (Lipinski definition) is 2. The van der Waals surface area contributed by atoms with E-state index in [1.54, 1.807) is 7.11 Å². The first kappa shape index (κ1) is 16.5. The van der Waals surface area contributed by atoms with Crippen molar-refractivity contribution >= 4 is 15.9 Å². The molecule has 0 atom stereocenters. The van der Waals surface area contributed by atoms with Crippen LogP contribution in [0.25, 0.3) is 0 Å². The fraction of sp³-hybridized carbons (Fsp3) is 0.600. The molecule has 19 heavy (non-hydrogen) atoms. The van der Waals surface area contributed by atoms with E-state index < -0.39 is 0 Å². The molecule has 1 aromatic carbocycles. The lowest BCUT2D eigenvalue weighted by Gasteiger charge is -2.29. The Morgan fingerprint density at radius 1 is 1.32 bits per heavy atom. The number of benzene rings is 1. The Morgan fingerprint density at radius 3 is 2.47 bits per heavy atom. The molecular formula is C15H24BrNO2. The fourth-order valence-electron chi connectivity index (χ4n) is 2.07. The van der Waals surface area contributed by atoms with Gasteiger partial charge in [0.15, 0.2) is 0 Å². The van der Waals surface area contributed by atoms with E-state index in [0.717, 1.165) is 36.2 Å². The largest absolute Gasteiger partial charge is 0.496 e. The van der Waals surface area contributed by atoms with Crippen LogP contribution in [0, 0.1) is 5.41 Å². The molecule has 4 heteroatoms. The summed E-state index contributed by atoms with van der Waals surface area (Å²) in [5.74, 6) is 0.843. The third-order valence-corrected chi connectivity index (χ3v) is 4.50. The molecule has 0 heterocycles. The molecule has 0 unspecified atom stereocenters. The maximum atomic E-state index is 9.52. The molecule has 0 amide bonds. The first-order chi connectivity index (χ1) is 9.10. The van der Waals surface area contributed by atoms with Gasteiger partial charge in [0.2, 0.25) is 0 Å². The summed E-state index contributed by atoms with van der Waals surface area (Å²) in [6.45, 7) is 6.13. The van der Waals surface area contributed by atoms with Crippen molar-refractivity contribution in [3.63, 3.8) is 0 Å². The van der Waals surface area contributed by atoms with Crippen molar-refractivity contribution in [2.24, 2.45) is 5.41 Å². The zero-order valence-electron chi connectivity index (χ0n) is 12.0. The summed E-state index contributed by atoms with van der Waals surface area (Å²) >= 11 is 3.49. The molecular weight excluding hydrogens is 306 g/mol. The number of methoxy groups -OCH3 is 1. The van der Waals surface area contributed by atoms with Crippen molar-refractivity contribution in [1.29, 1.82) is 0 Å². The van der Waals surface area contributed by atoms with Crippen molar-refractivity contribution in [3.05, 3.63) is 28.2 Å². The van der Waals surface area contributed by atoms with Crippen LogP contribution in [0.15, 0.2) is 22.7 Å². The first-order valence-corrected chi connectivity index (χ1v) is 7.54. The van der Waals surface area contributed by atoms with Crippen molar-refractivity contribution in [2.45, 2.75) is 33.2 Å². The van der Waals surface area contributed by atoms with E-state index in [1.165, 1.54) is 5.56 Å². The Kier molecular flexibility index (Phi) is 6.83. The number of nitrogens with one attached hydrogen (secondary N) is 1. The first-order valence-electron chi connectivity index (χ1n) is 6.74. The number of hydrogen-bond acceptors (Lipinski definition) is 3. The third-order valence-electron chi connectivity index (χ3n) is 3.88. The molecule has 0 aliphatic rings. The van der Waals surface area contributed by atoms with Gasteiger partial charge in [0, 0.05) is 25.1 Å². The Labute approximate surface area is 124 Å². The van der Waals surface area contributed by atoms with Crippen LogP contribution in [0.1, 0.15) is 32.3 Å². The Morgan fingerprint density at radius 2 is 2.00 bits per heavy atom. The third kappa shape index (κ3) is 4.48.